The highest BCUT2D eigenvalue weighted by molar-refractivity contribution is 7.78. The van der Waals surface area contributed by atoms with Crippen molar-refractivity contribution < 1.29 is 14.3 Å². The third-order valence-electron chi connectivity index (χ3n) is 1.77. The second-order valence-corrected chi connectivity index (χ2v) is 2.98. The number of aliphatic imine (C=N–C) groups is 1. The van der Waals surface area contributed by atoms with E-state index in [2.05, 4.69) is 27.1 Å². The Morgan fingerprint density at radius 3 is 2.50 bits per heavy atom. The number of hydrogen-bond acceptors (Lipinski definition) is 5. The average molecular weight is 235 g/mol. The van der Waals surface area contributed by atoms with E-state index in [-0.39, 0.29) is 12.2 Å². The molecule has 0 aromatic heterocycles. The van der Waals surface area contributed by atoms with E-state index >= 15 is 0 Å². The monoisotopic (exact) mass is 235 g/mol. The molecule has 0 heterocycles. The van der Waals surface area contributed by atoms with Crippen LogP contribution in [-0.4, -0.2) is 23.5 Å². The highest BCUT2D eigenvalue weighted by atomic mass is 32.1. The Labute approximate surface area is 97.9 Å². The minimum atomic E-state index is -0.853. The second kappa shape index (κ2) is 5.90. The van der Waals surface area contributed by atoms with E-state index in [0.29, 0.717) is 5.69 Å². The summed E-state index contributed by atoms with van der Waals surface area (Å²) in [5.41, 5.74) is 0.845. The van der Waals surface area contributed by atoms with Crippen molar-refractivity contribution in [3.8, 4) is 0 Å². The van der Waals surface area contributed by atoms with Gasteiger partial charge in [0.1, 0.15) is 0 Å². The first-order chi connectivity index (χ1) is 7.69. The van der Waals surface area contributed by atoms with Gasteiger partial charge in [-0.05, 0) is 43.4 Å². The summed E-state index contributed by atoms with van der Waals surface area (Å²) in [5, 5.41) is 2.21. The lowest BCUT2D eigenvalue weighted by molar-refractivity contribution is -0.137. The van der Waals surface area contributed by atoms with Crippen LogP contribution in [0.25, 0.3) is 0 Å². The molecule has 1 aromatic carbocycles. The number of Topliss-reactive ketones (excluding diaryl/α,β-unsaturated/α-hetero) is 1. The van der Waals surface area contributed by atoms with Crippen LogP contribution in [0.2, 0.25) is 0 Å². The summed E-state index contributed by atoms with van der Waals surface area (Å²) in [4.78, 5) is 26.3. The minimum absolute atomic E-state index is 0.178. The molecule has 0 radical (unpaired) electrons. The van der Waals surface area contributed by atoms with Gasteiger partial charge in [0, 0.05) is 5.56 Å². The van der Waals surface area contributed by atoms with Crippen molar-refractivity contribution in [1.82, 2.24) is 0 Å². The number of benzene rings is 1. The molecule has 0 aliphatic carbocycles. The predicted molar refractivity (Wildman–Crippen MR) is 62.1 cm³/mol. The third-order valence-corrected chi connectivity index (χ3v) is 1.86. The zero-order valence-corrected chi connectivity index (χ0v) is 9.41. The van der Waals surface area contributed by atoms with Crippen molar-refractivity contribution in [3.05, 3.63) is 29.8 Å². The van der Waals surface area contributed by atoms with Gasteiger partial charge in [0.15, 0.2) is 0 Å². The van der Waals surface area contributed by atoms with Crippen molar-refractivity contribution in [1.29, 1.82) is 0 Å². The third kappa shape index (κ3) is 3.08. The fourth-order valence-corrected chi connectivity index (χ4v) is 1.16. The number of isothiocyanates is 1. The first kappa shape index (κ1) is 12.2. The molecule has 0 atom stereocenters. The van der Waals surface area contributed by atoms with Crippen LogP contribution in [0.5, 0.6) is 0 Å². The topological polar surface area (TPSA) is 55.7 Å². The lowest BCUT2D eigenvalue weighted by atomic mass is 10.1. The van der Waals surface area contributed by atoms with Crippen LogP contribution in [0.3, 0.4) is 0 Å². The Balaban J connectivity index is 2.85. The van der Waals surface area contributed by atoms with Crippen molar-refractivity contribution >= 4 is 34.8 Å². The normalized spacial score (nSPS) is 9.06. The van der Waals surface area contributed by atoms with Crippen molar-refractivity contribution in [2.45, 2.75) is 6.92 Å². The zero-order valence-electron chi connectivity index (χ0n) is 8.60. The smallest absolute Gasteiger partial charge is 0.379 e. The van der Waals surface area contributed by atoms with Crippen molar-refractivity contribution in [2.75, 3.05) is 6.61 Å². The Kier molecular flexibility index (Phi) is 4.51. The molecule has 0 aliphatic rings. The van der Waals surface area contributed by atoms with Gasteiger partial charge in [-0.2, -0.15) is 4.99 Å². The van der Waals surface area contributed by atoms with Crippen LogP contribution in [-0.2, 0) is 9.53 Å². The molecule has 5 heteroatoms. The zero-order chi connectivity index (χ0) is 12.0. The van der Waals surface area contributed by atoms with Crippen LogP contribution in [0.15, 0.2) is 29.3 Å². The number of nitrogens with zero attached hydrogens (tertiary/aromatic N) is 1. The summed E-state index contributed by atoms with van der Waals surface area (Å²) >= 11 is 4.44. The first-order valence-corrected chi connectivity index (χ1v) is 4.99. The molecule has 0 spiro atoms. The summed E-state index contributed by atoms with van der Waals surface area (Å²) < 4.78 is 4.59. The van der Waals surface area contributed by atoms with Gasteiger partial charge >= 0.3 is 5.97 Å². The van der Waals surface area contributed by atoms with E-state index in [1.807, 2.05) is 0 Å². The highest BCUT2D eigenvalue weighted by Crippen LogP contribution is 2.12. The van der Waals surface area contributed by atoms with Gasteiger partial charge in [0.05, 0.1) is 17.5 Å². The Morgan fingerprint density at radius 2 is 2.00 bits per heavy atom. The van der Waals surface area contributed by atoms with Gasteiger partial charge in [-0.1, -0.05) is 0 Å². The van der Waals surface area contributed by atoms with Gasteiger partial charge in [-0.25, -0.2) is 4.79 Å². The quantitative estimate of drug-likeness (QED) is 0.264. The molecule has 0 bridgehead atoms. The molecular formula is C11H9NO3S. The van der Waals surface area contributed by atoms with Crippen LogP contribution < -0.4 is 0 Å². The molecule has 82 valence electrons. The molecule has 0 saturated heterocycles. The first-order valence-electron chi connectivity index (χ1n) is 4.58. The van der Waals surface area contributed by atoms with Gasteiger partial charge in [-0.3, -0.25) is 4.79 Å². The Bertz CT molecular complexity index is 447. The van der Waals surface area contributed by atoms with E-state index < -0.39 is 11.8 Å². The van der Waals surface area contributed by atoms with Gasteiger partial charge in [0.25, 0.3) is 5.78 Å². The number of ether oxygens (including phenoxy) is 1. The highest BCUT2D eigenvalue weighted by Gasteiger charge is 2.16. The SMILES string of the molecule is CCOC(=O)C(=O)c1ccc(N=C=S)cc1. The van der Waals surface area contributed by atoms with Crippen LogP contribution in [0.1, 0.15) is 17.3 Å². The van der Waals surface area contributed by atoms with E-state index in [1.54, 1.807) is 19.1 Å². The molecule has 0 unspecified atom stereocenters. The summed E-state index contributed by atoms with van der Waals surface area (Å²) in [7, 11) is 0. The van der Waals surface area contributed by atoms with E-state index in [4.69, 9.17) is 0 Å². The van der Waals surface area contributed by atoms with Crippen molar-refractivity contribution in [3.63, 3.8) is 0 Å². The summed E-state index contributed by atoms with van der Waals surface area (Å²) in [5.74, 6) is -1.52. The Hall–Kier alpha value is -1.84. The summed E-state index contributed by atoms with van der Waals surface area (Å²) in [6.45, 7) is 1.82. The fraction of sp³-hybridized carbons (Fsp3) is 0.182. The largest absolute Gasteiger partial charge is 0.460 e. The number of carbonyl (C=O) groups excluding carboxylic acids is 2. The molecule has 1 aromatic rings. The fourth-order valence-electron chi connectivity index (χ4n) is 1.05. The molecule has 0 amide bonds. The molecule has 0 aliphatic heterocycles. The predicted octanol–water partition coefficient (Wildman–Crippen LogP) is 2.17. The maximum atomic E-state index is 11.5. The van der Waals surface area contributed by atoms with Crippen LogP contribution >= 0.6 is 12.2 Å². The van der Waals surface area contributed by atoms with Gasteiger partial charge < -0.3 is 4.74 Å². The maximum absolute atomic E-state index is 11.5. The van der Waals surface area contributed by atoms with E-state index in [1.165, 1.54) is 12.1 Å². The van der Waals surface area contributed by atoms with Crippen molar-refractivity contribution in [2.24, 2.45) is 4.99 Å². The molecule has 0 fully saturated rings. The van der Waals surface area contributed by atoms with Gasteiger partial charge in [0.2, 0.25) is 0 Å². The molecule has 4 nitrogen and oxygen atoms in total. The Morgan fingerprint density at radius 1 is 1.38 bits per heavy atom. The molecule has 16 heavy (non-hydrogen) atoms. The lowest BCUT2D eigenvalue weighted by Crippen LogP contribution is -2.17. The van der Waals surface area contributed by atoms with Crippen LogP contribution in [0, 0.1) is 0 Å². The van der Waals surface area contributed by atoms with E-state index in [0.717, 1.165) is 0 Å². The van der Waals surface area contributed by atoms with Gasteiger partial charge in [-0.15, -0.1) is 0 Å². The molecule has 0 saturated carbocycles. The molecule has 1 rings (SSSR count). The summed E-state index contributed by atoms with van der Waals surface area (Å²) in [6.07, 6.45) is 0. The number of hydrogen-bond donors (Lipinski definition) is 0. The summed E-state index contributed by atoms with van der Waals surface area (Å²) in [6, 6.07) is 6.13. The number of esters is 1. The average Bonchev–Trinajstić information content (AvgIpc) is 2.30. The standard InChI is InChI=1S/C11H9NO3S/c1-2-15-11(14)10(13)8-3-5-9(6-4-8)12-7-16/h3-6H,2H2,1H3. The molecule has 0 N–H and O–H groups in total. The van der Waals surface area contributed by atoms with Crippen LogP contribution in [0.4, 0.5) is 5.69 Å². The number of thiocarbonyl (C=S) groups is 1. The number of ketones is 1. The second-order valence-electron chi connectivity index (χ2n) is 2.80. The number of carbonyl (C=O) groups is 2. The van der Waals surface area contributed by atoms with E-state index in [9.17, 15) is 9.59 Å². The number of rotatable bonds is 4. The molecular weight excluding hydrogens is 226 g/mol. The lowest BCUT2D eigenvalue weighted by Gasteiger charge is -2.00. The maximum Gasteiger partial charge on any atom is 0.379 e. The minimum Gasteiger partial charge on any atom is -0.460 e.